The Morgan fingerprint density at radius 1 is 0.905 bits per heavy atom. The number of ether oxygens (including phenoxy) is 2. The van der Waals surface area contributed by atoms with Crippen LogP contribution in [0.25, 0.3) is 21.8 Å². The first-order chi connectivity index (χ1) is 10.3. The Bertz CT molecular complexity index is 735. The molecule has 0 bridgehead atoms. The van der Waals surface area contributed by atoms with Gasteiger partial charge in [0.25, 0.3) is 0 Å². The summed E-state index contributed by atoms with van der Waals surface area (Å²) in [6.07, 6.45) is 0. The van der Waals surface area contributed by atoms with Crippen LogP contribution in [0.3, 0.4) is 0 Å². The maximum Gasteiger partial charge on any atom is 0.129 e. The van der Waals surface area contributed by atoms with Gasteiger partial charge in [0.05, 0.1) is 25.5 Å². The van der Waals surface area contributed by atoms with Gasteiger partial charge in [-0.15, -0.1) is 11.3 Å². The summed E-state index contributed by atoms with van der Waals surface area (Å²) in [6.45, 7) is 0. The van der Waals surface area contributed by atoms with Gasteiger partial charge in [0.2, 0.25) is 0 Å². The molecule has 3 rings (SSSR count). The molecule has 21 heavy (non-hydrogen) atoms. The average molecular weight is 297 g/mol. The molecule has 1 aromatic heterocycles. The molecule has 0 N–H and O–H groups in total. The van der Waals surface area contributed by atoms with Crippen LogP contribution in [-0.2, 0) is 0 Å². The molecule has 0 saturated heterocycles. The van der Waals surface area contributed by atoms with Crippen molar-refractivity contribution < 1.29 is 9.47 Å². The summed E-state index contributed by atoms with van der Waals surface area (Å²) >= 11 is 1.61. The normalized spacial score (nSPS) is 10.4. The number of benzene rings is 2. The van der Waals surface area contributed by atoms with Crippen molar-refractivity contribution in [1.29, 1.82) is 0 Å². The van der Waals surface area contributed by atoms with Crippen molar-refractivity contribution in [2.45, 2.75) is 0 Å². The number of para-hydroxylation sites is 1. The van der Waals surface area contributed by atoms with E-state index in [0.717, 1.165) is 33.3 Å². The van der Waals surface area contributed by atoms with E-state index in [-0.39, 0.29) is 0 Å². The van der Waals surface area contributed by atoms with Gasteiger partial charge in [0, 0.05) is 10.9 Å². The van der Waals surface area contributed by atoms with E-state index in [4.69, 9.17) is 14.5 Å². The second-order valence-corrected chi connectivity index (χ2v) is 5.32. The molecule has 0 spiro atoms. The van der Waals surface area contributed by atoms with Crippen molar-refractivity contribution in [3.05, 3.63) is 53.9 Å². The predicted molar refractivity (Wildman–Crippen MR) is 86.1 cm³/mol. The van der Waals surface area contributed by atoms with Crippen molar-refractivity contribution in [3.8, 4) is 33.3 Å². The minimum atomic E-state index is 0.841. The Morgan fingerprint density at radius 2 is 1.67 bits per heavy atom. The highest BCUT2D eigenvalue weighted by molar-refractivity contribution is 7.13. The van der Waals surface area contributed by atoms with Crippen LogP contribution < -0.4 is 9.47 Å². The van der Waals surface area contributed by atoms with E-state index < -0.39 is 0 Å². The van der Waals surface area contributed by atoms with Gasteiger partial charge in [0.15, 0.2) is 0 Å². The lowest BCUT2D eigenvalue weighted by atomic mass is 10.1. The van der Waals surface area contributed by atoms with E-state index in [2.05, 4.69) is 5.38 Å². The second kappa shape index (κ2) is 5.97. The Hall–Kier alpha value is -2.33. The zero-order valence-electron chi connectivity index (χ0n) is 11.9. The first-order valence-corrected chi connectivity index (χ1v) is 7.43. The van der Waals surface area contributed by atoms with Crippen molar-refractivity contribution in [2.24, 2.45) is 0 Å². The molecule has 1 heterocycles. The van der Waals surface area contributed by atoms with Crippen LogP contribution in [0.15, 0.2) is 53.9 Å². The summed E-state index contributed by atoms with van der Waals surface area (Å²) in [5.74, 6) is 1.69. The first kappa shape index (κ1) is 13.6. The lowest BCUT2D eigenvalue weighted by Crippen LogP contribution is -1.87. The molecule has 2 aromatic carbocycles. The molecule has 4 heteroatoms. The smallest absolute Gasteiger partial charge is 0.129 e. The lowest BCUT2D eigenvalue weighted by Gasteiger charge is -2.04. The third kappa shape index (κ3) is 2.76. The largest absolute Gasteiger partial charge is 0.497 e. The van der Waals surface area contributed by atoms with Crippen LogP contribution in [-0.4, -0.2) is 19.2 Å². The van der Waals surface area contributed by atoms with Crippen molar-refractivity contribution in [3.63, 3.8) is 0 Å². The third-order valence-corrected chi connectivity index (χ3v) is 4.10. The Kier molecular flexibility index (Phi) is 3.88. The minimum absolute atomic E-state index is 0.841. The quantitative estimate of drug-likeness (QED) is 0.711. The molecule has 0 saturated carbocycles. The van der Waals surface area contributed by atoms with E-state index in [0.29, 0.717) is 0 Å². The molecule has 0 amide bonds. The molecule has 0 aliphatic heterocycles. The van der Waals surface area contributed by atoms with E-state index in [1.54, 1.807) is 25.6 Å². The Labute approximate surface area is 127 Å². The lowest BCUT2D eigenvalue weighted by molar-refractivity contribution is 0.415. The highest BCUT2D eigenvalue weighted by atomic mass is 32.1. The number of aromatic nitrogens is 1. The fraction of sp³-hybridized carbons (Fsp3) is 0.118. The SMILES string of the molecule is COc1ccc(-c2csc(-c3ccccc3OC)n2)cc1. The van der Waals surface area contributed by atoms with Gasteiger partial charge in [-0.3, -0.25) is 0 Å². The fourth-order valence-electron chi connectivity index (χ4n) is 2.11. The molecule has 0 aliphatic rings. The van der Waals surface area contributed by atoms with E-state index in [1.807, 2.05) is 48.5 Å². The van der Waals surface area contributed by atoms with E-state index in [1.165, 1.54) is 0 Å². The summed E-state index contributed by atoms with van der Waals surface area (Å²) in [5.41, 5.74) is 3.06. The van der Waals surface area contributed by atoms with Crippen LogP contribution in [0.5, 0.6) is 11.5 Å². The van der Waals surface area contributed by atoms with Crippen LogP contribution in [0.4, 0.5) is 0 Å². The number of hydrogen-bond donors (Lipinski definition) is 0. The molecule has 0 unspecified atom stereocenters. The summed E-state index contributed by atoms with van der Waals surface area (Å²) in [5, 5.41) is 3.02. The number of nitrogens with zero attached hydrogens (tertiary/aromatic N) is 1. The van der Waals surface area contributed by atoms with Gasteiger partial charge < -0.3 is 9.47 Å². The van der Waals surface area contributed by atoms with Crippen LogP contribution >= 0.6 is 11.3 Å². The molecule has 0 aliphatic carbocycles. The third-order valence-electron chi connectivity index (χ3n) is 3.23. The maximum absolute atomic E-state index is 5.40. The average Bonchev–Trinajstić information content (AvgIpc) is 3.04. The summed E-state index contributed by atoms with van der Waals surface area (Å²) in [7, 11) is 3.34. The first-order valence-electron chi connectivity index (χ1n) is 6.55. The summed E-state index contributed by atoms with van der Waals surface area (Å²) in [4.78, 5) is 4.71. The summed E-state index contributed by atoms with van der Waals surface area (Å²) in [6, 6.07) is 15.8. The molecule has 0 atom stereocenters. The Morgan fingerprint density at radius 3 is 2.38 bits per heavy atom. The van der Waals surface area contributed by atoms with Gasteiger partial charge >= 0.3 is 0 Å². The van der Waals surface area contributed by atoms with Gasteiger partial charge in [-0.25, -0.2) is 4.98 Å². The highest BCUT2D eigenvalue weighted by Gasteiger charge is 2.10. The molecular weight excluding hydrogens is 282 g/mol. The monoisotopic (exact) mass is 297 g/mol. The standard InChI is InChI=1S/C17H15NO2S/c1-19-13-9-7-12(8-10-13)15-11-21-17(18-15)14-5-3-4-6-16(14)20-2/h3-11H,1-2H3. The Balaban J connectivity index is 1.95. The molecular formula is C17H15NO2S. The van der Waals surface area contributed by atoms with Gasteiger partial charge in [0.1, 0.15) is 16.5 Å². The molecule has 0 radical (unpaired) electrons. The fourth-order valence-corrected chi connectivity index (χ4v) is 2.97. The van der Waals surface area contributed by atoms with Crippen LogP contribution in [0, 0.1) is 0 Å². The van der Waals surface area contributed by atoms with Crippen LogP contribution in [0.1, 0.15) is 0 Å². The molecule has 106 valence electrons. The van der Waals surface area contributed by atoms with Gasteiger partial charge in [-0.1, -0.05) is 12.1 Å². The zero-order valence-corrected chi connectivity index (χ0v) is 12.7. The van der Waals surface area contributed by atoms with Gasteiger partial charge in [-0.2, -0.15) is 0 Å². The van der Waals surface area contributed by atoms with Crippen molar-refractivity contribution >= 4 is 11.3 Å². The molecule has 3 aromatic rings. The maximum atomic E-state index is 5.40. The number of hydrogen-bond acceptors (Lipinski definition) is 4. The summed E-state index contributed by atoms with van der Waals surface area (Å²) < 4.78 is 10.6. The highest BCUT2D eigenvalue weighted by Crippen LogP contribution is 2.34. The second-order valence-electron chi connectivity index (χ2n) is 4.47. The number of rotatable bonds is 4. The van der Waals surface area contributed by atoms with E-state index >= 15 is 0 Å². The predicted octanol–water partition coefficient (Wildman–Crippen LogP) is 4.49. The van der Waals surface area contributed by atoms with Crippen LogP contribution in [0.2, 0.25) is 0 Å². The number of thiazole rings is 1. The topological polar surface area (TPSA) is 31.4 Å². The minimum Gasteiger partial charge on any atom is -0.497 e. The zero-order chi connectivity index (χ0) is 14.7. The van der Waals surface area contributed by atoms with Crippen molar-refractivity contribution in [1.82, 2.24) is 4.98 Å². The molecule has 0 fully saturated rings. The van der Waals surface area contributed by atoms with Crippen molar-refractivity contribution in [2.75, 3.05) is 14.2 Å². The van der Waals surface area contributed by atoms with Gasteiger partial charge in [-0.05, 0) is 36.4 Å². The molecule has 3 nitrogen and oxygen atoms in total. The number of methoxy groups -OCH3 is 2. The van der Waals surface area contributed by atoms with E-state index in [9.17, 15) is 0 Å².